The van der Waals surface area contributed by atoms with E-state index in [4.69, 9.17) is 35.7 Å². The molecule has 13 rings (SSSR count). The van der Waals surface area contributed by atoms with Crippen LogP contribution in [0.15, 0.2) is 48.5 Å². The topological polar surface area (TPSA) is 279 Å². The molecule has 0 N–H and O–H groups in total. The Morgan fingerprint density at radius 3 is 0.598 bits per heavy atom. The molecule has 0 unspecified atom stereocenters. The molecular formula is C88H120O20S4. The van der Waals surface area contributed by atoms with E-state index < -0.39 is 130 Å². The van der Waals surface area contributed by atoms with Crippen molar-refractivity contribution in [1.29, 1.82) is 0 Å². The molecule has 8 fully saturated rings. The molecule has 0 heterocycles. The Labute approximate surface area is 666 Å². The van der Waals surface area contributed by atoms with E-state index in [1.165, 1.54) is 28.4 Å². The lowest BCUT2D eigenvalue weighted by Crippen LogP contribution is -2.43. The van der Waals surface area contributed by atoms with Crippen LogP contribution >= 0.6 is 0 Å². The van der Waals surface area contributed by atoms with Crippen LogP contribution in [-0.2, 0) is 59.7 Å². The van der Waals surface area contributed by atoms with Crippen LogP contribution in [0.2, 0.25) is 0 Å². The average Bonchev–Trinajstić information content (AvgIpc) is 1.56. The summed E-state index contributed by atoms with van der Waals surface area (Å²) in [5.41, 5.74) is -4.78. The molecule has 8 saturated carbocycles. The largest absolute Gasteiger partial charge is 0.496 e. The Bertz CT molecular complexity index is 4340. The number of methoxy groups -OCH3 is 4. The van der Waals surface area contributed by atoms with Crippen molar-refractivity contribution in [3.8, 4) is 46.0 Å². The zero-order chi connectivity index (χ0) is 81.9. The van der Waals surface area contributed by atoms with Crippen molar-refractivity contribution < 1.29 is 88.5 Å². The second kappa shape index (κ2) is 28.8. The van der Waals surface area contributed by atoms with Crippen LogP contribution in [0.1, 0.15) is 282 Å². The van der Waals surface area contributed by atoms with Crippen molar-refractivity contribution in [2.45, 2.75) is 237 Å². The van der Waals surface area contributed by atoms with Crippen molar-refractivity contribution in [3.63, 3.8) is 0 Å². The molecule has 616 valence electrons. The van der Waals surface area contributed by atoms with E-state index in [-0.39, 0.29) is 168 Å². The summed E-state index contributed by atoms with van der Waals surface area (Å²) >= 11 is 0. The Hall–Kier alpha value is -6.24. The fraction of sp³-hybridized carbons (Fsp3) is 0.682. The number of rotatable bonds is 28. The molecule has 9 aliphatic carbocycles. The fourth-order valence-corrected chi connectivity index (χ4v) is 30.5. The van der Waals surface area contributed by atoms with Gasteiger partial charge in [0.05, 0.1) is 73.1 Å². The SMILES string of the molecule is COc1cc(OS(=O)(=O)C[C@]23CC[C@H](CC2=O)C3(C)C)c2cc1[C@H](CC(C)C)c1cc(c(OC)cc1OS(=O)(=O)C[C@]13CC[C@H](CC1=O)C3(C)C)[C@H](CC(C)C)c1cc(c(OC)cc1OS(=O)(=O)C[C@]13CC[C@H](CC1=O)C3(C)C)[C@H](CC(C)C)c1cc(c(OC)cc1OS(=O)(=O)C[C@]13CC[C@H](CC1=O)C3(C)C)[C@@H]2CC(C)C. The summed E-state index contributed by atoms with van der Waals surface area (Å²) in [4.78, 5) is 57.3. The lowest BCUT2D eigenvalue weighted by molar-refractivity contribution is -0.128. The summed E-state index contributed by atoms with van der Waals surface area (Å²) in [5.74, 6) is -7.76. The first-order chi connectivity index (χ1) is 52.0. The van der Waals surface area contributed by atoms with Gasteiger partial charge in [0, 0.05) is 118 Å². The minimum Gasteiger partial charge on any atom is -0.496 e. The van der Waals surface area contributed by atoms with Gasteiger partial charge in [0.2, 0.25) is 0 Å². The van der Waals surface area contributed by atoms with Crippen molar-refractivity contribution in [3.05, 3.63) is 93.0 Å². The van der Waals surface area contributed by atoms with Crippen LogP contribution < -0.4 is 35.7 Å². The molecule has 12 atom stereocenters. The van der Waals surface area contributed by atoms with Gasteiger partial charge in [0.15, 0.2) is 0 Å². The second-order valence-electron chi connectivity index (χ2n) is 39.1. The molecule has 0 amide bonds. The Balaban J connectivity index is 1.14. The van der Waals surface area contributed by atoms with Crippen molar-refractivity contribution in [2.24, 2.45) is 90.7 Å². The molecule has 24 heteroatoms. The number of hydrogen-bond donors (Lipinski definition) is 0. The highest BCUT2D eigenvalue weighted by Gasteiger charge is 2.69. The number of fused-ring (bicyclic) bond motifs is 16. The number of Topliss-reactive ketones (excluding diaryl/α,β-unsaturated/α-hetero) is 4. The standard InChI is InChI=1S/C88H120O20S4/c1-49(2)29-57-61-37-66(74(41-69(61)101-17)106-110(95,96)46-86-26-22-54(34-78(86)90)82(86,11)12)59(31-51(5)6)63-39-68(76(43-71(63)103-19)108-112(99,100)48-88-28-24-56(36-80(88)92)84(88,15)16)60(32-52(7)8)64-40-67(75(44-72(64)104-20)107-111(97,98)47-87-27-23-55(35-79(87)91)83(87,13)14)58(30-50(3)4)62-38-65(57)73(42-70(62)102-18)105-109(93,94)45-85-25-21-53(33-77(85)89)81(85,9)10/h37-44,49-60H,21-36,45-48H2,1-20H3/t53-,54-,55-,56-,57+,58+,59+,60+,85-,86-,87-,88-/m1/s1. The molecular weight excluding hydrogens is 1510 g/mol. The van der Waals surface area contributed by atoms with Crippen LogP contribution in [0.25, 0.3) is 0 Å². The Morgan fingerprint density at radius 1 is 0.295 bits per heavy atom. The maximum atomic E-state index is 15.6. The van der Waals surface area contributed by atoms with E-state index in [1.807, 2.05) is 135 Å². The number of carbonyl (C=O) groups is 4. The summed E-state index contributed by atoms with van der Waals surface area (Å²) in [6.07, 6.45) is 6.01. The highest BCUT2D eigenvalue weighted by Crippen LogP contribution is 2.69. The van der Waals surface area contributed by atoms with Gasteiger partial charge in [-0.1, -0.05) is 111 Å². The second-order valence-corrected chi connectivity index (χ2v) is 45.3. The van der Waals surface area contributed by atoms with Crippen molar-refractivity contribution in [2.75, 3.05) is 51.5 Å². The number of ether oxygens (including phenoxy) is 4. The van der Waals surface area contributed by atoms with Gasteiger partial charge < -0.3 is 35.7 Å². The number of ketones is 4. The van der Waals surface area contributed by atoms with Gasteiger partial charge in [-0.15, -0.1) is 0 Å². The van der Waals surface area contributed by atoms with Crippen LogP contribution in [0.3, 0.4) is 0 Å². The van der Waals surface area contributed by atoms with Crippen LogP contribution in [0, 0.1) is 90.7 Å². The molecule has 0 spiro atoms. The zero-order valence-electron chi connectivity index (χ0n) is 69.5. The van der Waals surface area contributed by atoms with Crippen molar-refractivity contribution in [1.82, 2.24) is 0 Å². The van der Waals surface area contributed by atoms with Crippen LogP contribution in [0.4, 0.5) is 0 Å². The van der Waals surface area contributed by atoms with E-state index in [0.717, 1.165) is 0 Å². The van der Waals surface area contributed by atoms with Crippen molar-refractivity contribution >= 4 is 63.6 Å². The number of benzene rings is 4. The van der Waals surface area contributed by atoms with E-state index >= 15 is 33.7 Å². The molecule has 0 radical (unpaired) electrons. The molecule has 0 aliphatic heterocycles. The molecule has 0 aromatic heterocycles. The summed E-state index contributed by atoms with van der Waals surface area (Å²) in [6.45, 7) is 31.8. The van der Waals surface area contributed by atoms with Gasteiger partial charge >= 0.3 is 40.5 Å². The van der Waals surface area contributed by atoms with Crippen LogP contribution in [0.5, 0.6) is 46.0 Å². The van der Waals surface area contributed by atoms with Crippen LogP contribution in [-0.4, -0.2) is 108 Å². The summed E-state index contributed by atoms with van der Waals surface area (Å²) < 4.78 is 178. The quantitative estimate of drug-likeness (QED) is 0.0478. The maximum Gasteiger partial charge on any atom is 0.310 e. The first-order valence-electron chi connectivity index (χ1n) is 40.7. The molecule has 20 nitrogen and oxygen atoms in total. The fourth-order valence-electron chi connectivity index (χ4n) is 23.4. The van der Waals surface area contributed by atoms with E-state index in [9.17, 15) is 19.2 Å². The predicted octanol–water partition coefficient (Wildman–Crippen LogP) is 17.2. The Morgan fingerprint density at radius 2 is 0.464 bits per heavy atom. The lowest BCUT2D eigenvalue weighted by Gasteiger charge is -2.36. The van der Waals surface area contributed by atoms with Gasteiger partial charge in [0.1, 0.15) is 69.1 Å². The zero-order valence-corrected chi connectivity index (χ0v) is 72.8. The Kier molecular flexibility index (Phi) is 21.6. The molecule has 16 bridgehead atoms. The molecule has 4 aromatic carbocycles. The maximum absolute atomic E-state index is 15.6. The molecule has 0 saturated heterocycles. The average molecular weight is 1630 g/mol. The van der Waals surface area contributed by atoms with Gasteiger partial charge in [-0.3, -0.25) is 19.2 Å². The monoisotopic (exact) mass is 1620 g/mol. The summed E-state index contributed by atoms with van der Waals surface area (Å²) in [6, 6.07) is 13.5. The highest BCUT2D eigenvalue weighted by atomic mass is 32.2. The number of hydrogen-bond acceptors (Lipinski definition) is 20. The third kappa shape index (κ3) is 13.8. The smallest absolute Gasteiger partial charge is 0.310 e. The lowest BCUT2D eigenvalue weighted by atomic mass is 9.70. The third-order valence-corrected chi connectivity index (χ3v) is 35.5. The molecule has 4 aromatic rings. The molecule has 9 aliphatic rings. The van der Waals surface area contributed by atoms with E-state index in [2.05, 4.69) is 0 Å². The normalized spacial score (nSPS) is 29.9. The van der Waals surface area contributed by atoms with E-state index in [1.54, 1.807) is 24.3 Å². The highest BCUT2D eigenvalue weighted by molar-refractivity contribution is 7.88. The van der Waals surface area contributed by atoms with Gasteiger partial charge in [-0.05, 0) is 170 Å². The first kappa shape index (κ1) is 83.7. The third-order valence-electron chi connectivity index (χ3n) is 30.4. The van der Waals surface area contributed by atoms with Gasteiger partial charge in [-0.25, -0.2) is 0 Å². The minimum atomic E-state index is -4.74. The first-order valence-corrected chi connectivity index (χ1v) is 47.0. The predicted molar refractivity (Wildman–Crippen MR) is 429 cm³/mol. The van der Waals surface area contributed by atoms with Gasteiger partial charge in [-0.2, -0.15) is 33.7 Å². The van der Waals surface area contributed by atoms with E-state index in [0.29, 0.717) is 95.9 Å². The molecule has 112 heavy (non-hydrogen) atoms. The van der Waals surface area contributed by atoms with Gasteiger partial charge in [0.25, 0.3) is 0 Å². The minimum absolute atomic E-state index is 0.0283. The summed E-state index contributed by atoms with van der Waals surface area (Å²) in [7, 11) is -13.2. The number of carbonyl (C=O) groups excluding carboxylic acids is 4. The summed E-state index contributed by atoms with van der Waals surface area (Å²) in [5, 5.41) is 0.